The molecule has 1 aliphatic rings. The van der Waals surface area contributed by atoms with Crippen molar-refractivity contribution in [3.8, 4) is 0 Å². The van der Waals surface area contributed by atoms with Crippen LogP contribution in [0.4, 0.5) is 11.4 Å². The summed E-state index contributed by atoms with van der Waals surface area (Å²) in [5, 5.41) is 11.1. The van der Waals surface area contributed by atoms with Crippen molar-refractivity contribution in [2.24, 2.45) is 0 Å². The Hall–Kier alpha value is -3.15. The van der Waals surface area contributed by atoms with E-state index in [1.807, 2.05) is 18.2 Å². The van der Waals surface area contributed by atoms with Gasteiger partial charge in [-0.15, -0.1) is 0 Å². The van der Waals surface area contributed by atoms with Crippen molar-refractivity contribution in [2.75, 3.05) is 25.0 Å². The fourth-order valence-corrected chi connectivity index (χ4v) is 3.33. The van der Waals surface area contributed by atoms with Gasteiger partial charge in [-0.1, -0.05) is 30.3 Å². The maximum atomic E-state index is 12.5. The average Bonchev–Trinajstić information content (AvgIpc) is 3.21. The summed E-state index contributed by atoms with van der Waals surface area (Å²) >= 11 is 0. The van der Waals surface area contributed by atoms with Gasteiger partial charge in [-0.05, 0) is 36.6 Å². The van der Waals surface area contributed by atoms with E-state index in [0.29, 0.717) is 12.1 Å². The van der Waals surface area contributed by atoms with Crippen molar-refractivity contribution in [2.45, 2.75) is 19.4 Å². The number of anilines is 1. The highest BCUT2D eigenvalue weighted by molar-refractivity contribution is 5.92. The number of rotatable bonds is 6. The molecule has 1 fully saturated rings. The quantitative estimate of drug-likeness (QED) is 0.443. The Kier molecular flexibility index (Phi) is 5.86. The van der Waals surface area contributed by atoms with Gasteiger partial charge in [-0.3, -0.25) is 14.9 Å². The molecule has 3 rings (SSSR count). The molecular formula is C21H23N3O3. The minimum atomic E-state index is -0.444. The first-order chi connectivity index (χ1) is 13.1. The zero-order valence-electron chi connectivity index (χ0n) is 15.4. The van der Waals surface area contributed by atoms with E-state index in [1.54, 1.807) is 30.1 Å². The number of hydrogen-bond acceptors (Lipinski definition) is 4. The number of hydrogen-bond donors (Lipinski definition) is 0. The minimum Gasteiger partial charge on any atom is -0.371 e. The molecule has 6 nitrogen and oxygen atoms in total. The van der Waals surface area contributed by atoms with E-state index in [1.165, 1.54) is 36.7 Å². The van der Waals surface area contributed by atoms with Crippen molar-refractivity contribution < 1.29 is 9.72 Å². The van der Waals surface area contributed by atoms with Gasteiger partial charge in [0.05, 0.1) is 10.5 Å². The summed E-state index contributed by atoms with van der Waals surface area (Å²) in [5.74, 6) is -0.190. The number of para-hydroxylation sites is 2. The molecule has 0 spiro atoms. The van der Waals surface area contributed by atoms with Crippen LogP contribution in [0.5, 0.6) is 0 Å². The number of carbonyl (C=O) groups is 1. The molecule has 0 aliphatic carbocycles. The van der Waals surface area contributed by atoms with Gasteiger partial charge < -0.3 is 9.80 Å². The lowest BCUT2D eigenvalue weighted by Crippen LogP contribution is -2.26. The Bertz CT molecular complexity index is 857. The molecule has 2 aromatic carbocycles. The van der Waals surface area contributed by atoms with Crippen LogP contribution < -0.4 is 4.90 Å². The van der Waals surface area contributed by atoms with Crippen LogP contribution in [0.15, 0.2) is 54.6 Å². The third-order valence-electron chi connectivity index (χ3n) is 4.76. The molecule has 2 aromatic rings. The molecule has 0 aromatic heterocycles. The molecule has 140 valence electrons. The Balaban J connectivity index is 1.71. The van der Waals surface area contributed by atoms with Crippen molar-refractivity contribution in [3.05, 3.63) is 75.8 Å². The highest BCUT2D eigenvalue weighted by atomic mass is 16.6. The summed E-state index contributed by atoms with van der Waals surface area (Å²) in [6.07, 6.45) is 5.29. The van der Waals surface area contributed by atoms with Crippen molar-refractivity contribution in [3.63, 3.8) is 0 Å². The average molecular weight is 365 g/mol. The summed E-state index contributed by atoms with van der Waals surface area (Å²) in [6.45, 7) is 2.59. The second-order valence-electron chi connectivity index (χ2n) is 6.67. The molecule has 0 radical (unpaired) electrons. The minimum absolute atomic E-state index is 0.0106. The van der Waals surface area contributed by atoms with Gasteiger partial charge in [0, 0.05) is 44.5 Å². The normalized spacial score (nSPS) is 13.9. The van der Waals surface area contributed by atoms with Crippen LogP contribution in [0.1, 0.15) is 24.0 Å². The maximum Gasteiger partial charge on any atom is 0.276 e. The van der Waals surface area contributed by atoms with E-state index < -0.39 is 4.92 Å². The summed E-state index contributed by atoms with van der Waals surface area (Å²) in [7, 11) is 1.74. The van der Waals surface area contributed by atoms with Gasteiger partial charge in [0.1, 0.15) is 0 Å². The second-order valence-corrected chi connectivity index (χ2v) is 6.67. The van der Waals surface area contributed by atoms with E-state index in [4.69, 9.17) is 0 Å². The first-order valence-corrected chi connectivity index (χ1v) is 9.05. The van der Waals surface area contributed by atoms with E-state index in [2.05, 4.69) is 11.0 Å². The smallest absolute Gasteiger partial charge is 0.276 e. The molecular weight excluding hydrogens is 342 g/mol. The van der Waals surface area contributed by atoms with E-state index in [0.717, 1.165) is 18.7 Å². The lowest BCUT2D eigenvalue weighted by molar-refractivity contribution is -0.385. The number of benzene rings is 2. The van der Waals surface area contributed by atoms with Crippen LogP contribution in [0.3, 0.4) is 0 Å². The lowest BCUT2D eigenvalue weighted by atomic mass is 10.1. The molecule has 0 unspecified atom stereocenters. The first kappa shape index (κ1) is 18.6. The fourth-order valence-electron chi connectivity index (χ4n) is 3.33. The van der Waals surface area contributed by atoms with Gasteiger partial charge in [0.25, 0.3) is 5.69 Å². The standard InChI is InChI=1S/C21H23N3O3/c1-22(16-18-9-3-4-10-19(18)23-14-6-7-15-23)21(25)13-12-17-8-2-5-11-20(17)24(26)27/h2-5,8-13H,6-7,14-16H2,1H3/b13-12+. The molecule has 1 heterocycles. The van der Waals surface area contributed by atoms with E-state index in [-0.39, 0.29) is 11.6 Å². The summed E-state index contributed by atoms with van der Waals surface area (Å²) < 4.78 is 0. The fraction of sp³-hybridized carbons (Fsp3) is 0.286. The molecule has 0 saturated carbocycles. The number of nitrogens with zero attached hydrogens (tertiary/aromatic N) is 3. The third-order valence-corrected chi connectivity index (χ3v) is 4.76. The van der Waals surface area contributed by atoms with Crippen molar-refractivity contribution in [1.82, 2.24) is 4.90 Å². The van der Waals surface area contributed by atoms with Gasteiger partial charge in [0.15, 0.2) is 0 Å². The Morgan fingerprint density at radius 1 is 1.15 bits per heavy atom. The third kappa shape index (κ3) is 4.53. The number of carbonyl (C=O) groups excluding carboxylic acids is 1. The highest BCUT2D eigenvalue weighted by Gasteiger charge is 2.17. The zero-order chi connectivity index (χ0) is 19.2. The van der Waals surface area contributed by atoms with Crippen LogP contribution in [0.2, 0.25) is 0 Å². The molecule has 1 amide bonds. The maximum absolute atomic E-state index is 12.5. The Morgan fingerprint density at radius 3 is 2.56 bits per heavy atom. The van der Waals surface area contributed by atoms with Crippen LogP contribution in [-0.4, -0.2) is 35.9 Å². The zero-order valence-corrected chi connectivity index (χ0v) is 15.4. The van der Waals surface area contributed by atoms with E-state index in [9.17, 15) is 14.9 Å². The molecule has 1 saturated heterocycles. The Labute approximate surface area is 158 Å². The van der Waals surface area contributed by atoms with Crippen LogP contribution in [-0.2, 0) is 11.3 Å². The second kappa shape index (κ2) is 8.49. The SMILES string of the molecule is CN(Cc1ccccc1N1CCCC1)C(=O)/C=C/c1ccccc1[N+](=O)[O-]. The number of nitro groups is 1. The van der Waals surface area contributed by atoms with Gasteiger partial charge in [-0.2, -0.15) is 0 Å². The predicted molar refractivity (Wildman–Crippen MR) is 106 cm³/mol. The predicted octanol–water partition coefficient (Wildman–Crippen LogP) is 3.87. The molecule has 0 N–H and O–H groups in total. The van der Waals surface area contributed by atoms with Crippen LogP contribution in [0.25, 0.3) is 6.08 Å². The summed E-state index contributed by atoms with van der Waals surface area (Å²) in [6, 6.07) is 14.5. The lowest BCUT2D eigenvalue weighted by Gasteiger charge is -2.24. The molecule has 6 heteroatoms. The monoisotopic (exact) mass is 365 g/mol. The molecule has 0 bridgehead atoms. The topological polar surface area (TPSA) is 66.7 Å². The van der Waals surface area contributed by atoms with Gasteiger partial charge >= 0.3 is 0 Å². The largest absolute Gasteiger partial charge is 0.371 e. The van der Waals surface area contributed by atoms with E-state index >= 15 is 0 Å². The first-order valence-electron chi connectivity index (χ1n) is 9.05. The van der Waals surface area contributed by atoms with Crippen molar-refractivity contribution >= 4 is 23.4 Å². The number of amides is 1. The number of likely N-dealkylation sites (N-methyl/N-ethyl adjacent to an activating group) is 1. The Morgan fingerprint density at radius 2 is 1.81 bits per heavy atom. The van der Waals surface area contributed by atoms with Gasteiger partial charge in [0.2, 0.25) is 5.91 Å². The molecule has 0 atom stereocenters. The molecule has 1 aliphatic heterocycles. The van der Waals surface area contributed by atoms with Gasteiger partial charge in [-0.25, -0.2) is 0 Å². The van der Waals surface area contributed by atoms with Crippen molar-refractivity contribution in [1.29, 1.82) is 0 Å². The molecule has 27 heavy (non-hydrogen) atoms. The number of nitro benzene ring substituents is 1. The van der Waals surface area contributed by atoms with Crippen LogP contribution >= 0.6 is 0 Å². The summed E-state index contributed by atoms with van der Waals surface area (Å²) in [5.41, 5.74) is 2.69. The summed E-state index contributed by atoms with van der Waals surface area (Å²) in [4.78, 5) is 27.1. The van der Waals surface area contributed by atoms with Crippen LogP contribution in [0, 0.1) is 10.1 Å². The highest BCUT2D eigenvalue weighted by Crippen LogP contribution is 2.25.